The third-order valence-electron chi connectivity index (χ3n) is 18.7. The minimum atomic E-state index is -0.0693. The first-order valence-corrected chi connectivity index (χ1v) is 30.3. The highest BCUT2D eigenvalue weighted by Gasteiger charge is 2.45. The minimum absolute atomic E-state index is 0.00792. The van der Waals surface area contributed by atoms with E-state index in [1.807, 2.05) is 17.4 Å². The molecule has 84 heavy (non-hydrogen) atoms. The number of furan rings is 1. The fraction of sp³-hybridized carbons (Fsp3) is 0.103. The molecule has 0 N–H and O–H groups in total. The smallest absolute Gasteiger partial charge is 0.264 e. The van der Waals surface area contributed by atoms with Crippen LogP contribution in [0.3, 0.4) is 0 Å². The Labute approximate surface area is 491 Å². The van der Waals surface area contributed by atoms with Gasteiger partial charge < -0.3 is 18.5 Å². The van der Waals surface area contributed by atoms with Crippen LogP contribution in [0.25, 0.3) is 131 Å². The summed E-state index contributed by atoms with van der Waals surface area (Å²) in [6, 6.07) is 87.3. The van der Waals surface area contributed by atoms with Crippen LogP contribution in [0.5, 0.6) is 0 Å². The van der Waals surface area contributed by atoms with Gasteiger partial charge in [0.25, 0.3) is 6.71 Å². The van der Waals surface area contributed by atoms with Crippen molar-refractivity contribution in [2.75, 3.05) is 4.90 Å². The van der Waals surface area contributed by atoms with Gasteiger partial charge in [-0.3, -0.25) is 0 Å². The second-order valence-corrected chi connectivity index (χ2v) is 26.7. The van der Waals surface area contributed by atoms with Gasteiger partial charge in [0.2, 0.25) is 0 Å². The number of thiophene rings is 1. The largest absolute Gasteiger partial charge is 0.456 e. The second-order valence-electron chi connectivity index (χ2n) is 25.6. The summed E-state index contributed by atoms with van der Waals surface area (Å²) in [5.74, 6) is 0. The quantitative estimate of drug-likeness (QED) is 0.130. The van der Waals surface area contributed by atoms with Crippen molar-refractivity contribution in [2.24, 2.45) is 0 Å². The van der Waals surface area contributed by atoms with Crippen molar-refractivity contribution >= 4 is 148 Å². The maximum Gasteiger partial charge on any atom is 0.264 e. The number of anilines is 3. The standard InChI is InChI=1S/C78H56BN3OS/c1-77(2,3)50-30-33-53(34-31-50)81-65-40-48(45-28-35-55-49(38-45)39-46-18-10-11-21-54(46)70(55)47-29-36-57-56-22-14-17-27-67(56)83-68(57)42-47)41-66-73(65)79(76-74(81)60-43-51(78(4,5)6)32-37-69(60)84-76)61-44-64-71(72-59-24-13-16-26-63(59)82(66)75(61)72)58-23-12-15-25-62(58)80(64)52-19-8-7-9-20-52/h7-44H,1-6H3. The number of rotatable bonds is 4. The molecule has 0 saturated heterocycles. The van der Waals surface area contributed by atoms with E-state index in [0.717, 1.165) is 38.9 Å². The van der Waals surface area contributed by atoms with Crippen LogP contribution in [-0.4, -0.2) is 15.8 Å². The van der Waals surface area contributed by atoms with E-state index < -0.39 is 0 Å². The summed E-state index contributed by atoms with van der Waals surface area (Å²) in [7, 11) is 0. The normalized spacial score (nSPS) is 13.3. The molecule has 0 fully saturated rings. The van der Waals surface area contributed by atoms with Crippen molar-refractivity contribution in [3.8, 4) is 33.6 Å². The van der Waals surface area contributed by atoms with Crippen LogP contribution in [0.2, 0.25) is 0 Å². The Morgan fingerprint density at radius 1 is 0.405 bits per heavy atom. The fourth-order valence-corrected chi connectivity index (χ4v) is 16.1. The van der Waals surface area contributed by atoms with Gasteiger partial charge in [0.1, 0.15) is 11.2 Å². The number of aromatic nitrogens is 2. The molecule has 12 aromatic carbocycles. The van der Waals surface area contributed by atoms with Gasteiger partial charge in [0, 0.05) is 69.9 Å². The van der Waals surface area contributed by atoms with E-state index in [9.17, 15) is 0 Å². The lowest BCUT2D eigenvalue weighted by Gasteiger charge is -2.39. The van der Waals surface area contributed by atoms with E-state index >= 15 is 0 Å². The third kappa shape index (κ3) is 6.66. The van der Waals surface area contributed by atoms with Gasteiger partial charge in [0.05, 0.1) is 27.8 Å². The van der Waals surface area contributed by atoms with E-state index in [4.69, 9.17) is 4.42 Å². The van der Waals surface area contributed by atoms with Crippen LogP contribution in [0.1, 0.15) is 52.7 Å². The lowest BCUT2D eigenvalue weighted by molar-refractivity contribution is 0.590. The van der Waals surface area contributed by atoms with Crippen molar-refractivity contribution < 1.29 is 4.42 Å². The monoisotopic (exact) mass is 1090 g/mol. The van der Waals surface area contributed by atoms with Gasteiger partial charge in [-0.05, 0) is 174 Å². The predicted molar refractivity (Wildman–Crippen MR) is 360 cm³/mol. The van der Waals surface area contributed by atoms with Crippen LogP contribution in [0, 0.1) is 0 Å². The first kappa shape index (κ1) is 48.0. The molecular formula is C78H56BN3OS. The van der Waals surface area contributed by atoms with E-state index in [2.05, 4.69) is 280 Å². The van der Waals surface area contributed by atoms with Crippen LogP contribution < -0.4 is 20.6 Å². The number of fused-ring (bicyclic) bond motifs is 18. The molecule has 2 aliphatic heterocycles. The molecule has 0 atom stereocenters. The maximum absolute atomic E-state index is 6.53. The topological polar surface area (TPSA) is 26.2 Å². The van der Waals surface area contributed by atoms with E-state index in [1.165, 1.54) is 136 Å². The summed E-state index contributed by atoms with van der Waals surface area (Å²) < 4.78 is 14.4. The Kier molecular flexibility index (Phi) is 9.71. The summed E-state index contributed by atoms with van der Waals surface area (Å²) in [4.78, 5) is 2.65. The molecule has 6 heterocycles. The molecule has 0 spiro atoms. The van der Waals surface area contributed by atoms with Crippen LogP contribution in [-0.2, 0) is 10.8 Å². The van der Waals surface area contributed by atoms with E-state index in [-0.39, 0.29) is 17.5 Å². The molecule has 0 radical (unpaired) electrons. The second kappa shape index (κ2) is 17.0. The van der Waals surface area contributed by atoms with Gasteiger partial charge in [-0.1, -0.05) is 175 Å². The lowest BCUT2D eigenvalue weighted by Crippen LogP contribution is -2.59. The van der Waals surface area contributed by atoms with Crippen molar-refractivity contribution in [3.63, 3.8) is 0 Å². The molecule has 0 saturated carbocycles. The average Bonchev–Trinajstić information content (AvgIpc) is 1.52. The number of hydrogen-bond acceptors (Lipinski definition) is 3. The van der Waals surface area contributed by atoms with Crippen molar-refractivity contribution in [1.29, 1.82) is 0 Å². The average molecular weight is 1090 g/mol. The van der Waals surface area contributed by atoms with Gasteiger partial charge >= 0.3 is 0 Å². The Bertz CT molecular complexity index is 5530. The molecule has 16 aromatic rings. The highest BCUT2D eigenvalue weighted by atomic mass is 32.1. The SMILES string of the molecule is CC(C)(C)c1ccc(N2c3cc(-c4ccc5c(-c6ccc7c(c6)oc6ccccc67)c6ccccc6cc5c4)cc4c3B(c3sc5ccc(C(C)(C)C)cc5c32)c2cc3c(c5ccccc5n3-c3ccccc3)c3c5ccccc5n-4c23)cc1. The zero-order valence-electron chi connectivity index (χ0n) is 47.7. The first-order valence-electron chi connectivity index (χ1n) is 29.5. The Morgan fingerprint density at radius 3 is 1.82 bits per heavy atom. The molecule has 0 aliphatic carbocycles. The summed E-state index contributed by atoms with van der Waals surface area (Å²) in [6.07, 6.45) is 0. The lowest BCUT2D eigenvalue weighted by atomic mass is 9.36. The summed E-state index contributed by atoms with van der Waals surface area (Å²) in [5.41, 5.74) is 22.8. The zero-order chi connectivity index (χ0) is 56.1. The number of benzene rings is 12. The number of hydrogen-bond donors (Lipinski definition) is 0. The minimum Gasteiger partial charge on any atom is -0.456 e. The highest BCUT2D eigenvalue weighted by molar-refractivity contribution is 7.33. The van der Waals surface area contributed by atoms with E-state index in [0.29, 0.717) is 0 Å². The Hall–Kier alpha value is -9.62. The molecule has 18 rings (SSSR count). The molecule has 0 bridgehead atoms. The zero-order valence-corrected chi connectivity index (χ0v) is 48.5. The fourth-order valence-electron chi connectivity index (χ4n) is 14.8. The van der Waals surface area contributed by atoms with Crippen molar-refractivity contribution in [1.82, 2.24) is 9.13 Å². The maximum atomic E-state index is 6.53. The molecule has 0 amide bonds. The third-order valence-corrected chi connectivity index (χ3v) is 20.0. The number of para-hydroxylation sites is 4. The van der Waals surface area contributed by atoms with Gasteiger partial charge in [-0.25, -0.2) is 0 Å². The van der Waals surface area contributed by atoms with Gasteiger partial charge in [-0.15, -0.1) is 11.3 Å². The first-order chi connectivity index (χ1) is 40.9. The molecule has 4 aromatic heterocycles. The van der Waals surface area contributed by atoms with Gasteiger partial charge in [0.15, 0.2) is 0 Å². The Balaban J connectivity index is 0.966. The highest BCUT2D eigenvalue weighted by Crippen LogP contribution is 2.51. The number of nitrogens with zero attached hydrogens (tertiary/aromatic N) is 3. The molecule has 4 nitrogen and oxygen atoms in total. The molecule has 6 heteroatoms. The van der Waals surface area contributed by atoms with E-state index in [1.54, 1.807) is 0 Å². The van der Waals surface area contributed by atoms with Crippen LogP contribution in [0.4, 0.5) is 17.1 Å². The molecule has 398 valence electrons. The van der Waals surface area contributed by atoms with Crippen LogP contribution in [0.15, 0.2) is 235 Å². The van der Waals surface area contributed by atoms with Crippen molar-refractivity contribution in [3.05, 3.63) is 242 Å². The Morgan fingerprint density at radius 2 is 1.04 bits per heavy atom. The van der Waals surface area contributed by atoms with Crippen molar-refractivity contribution in [2.45, 2.75) is 52.4 Å². The molecule has 0 unspecified atom stereocenters. The summed E-state index contributed by atoms with van der Waals surface area (Å²) in [5, 5.41) is 13.5. The summed E-state index contributed by atoms with van der Waals surface area (Å²) in [6.45, 7) is 13.9. The van der Waals surface area contributed by atoms with Crippen LogP contribution >= 0.6 is 11.3 Å². The van der Waals surface area contributed by atoms with Gasteiger partial charge in [-0.2, -0.15) is 0 Å². The summed E-state index contributed by atoms with van der Waals surface area (Å²) >= 11 is 1.98. The molecule has 2 aliphatic rings. The molecular weight excluding hydrogens is 1040 g/mol. The predicted octanol–water partition coefficient (Wildman–Crippen LogP) is 19.8.